The lowest BCUT2D eigenvalue weighted by atomic mass is 10.0. The SMILES string of the molecule is CC(=O)O.COC(=O)[C@H](c1ccccc1Cl)N1CCc2sccc2C1. The minimum absolute atomic E-state index is 0.262. The fourth-order valence-corrected chi connectivity index (χ4v) is 3.90. The van der Waals surface area contributed by atoms with Crippen molar-refractivity contribution in [1.82, 2.24) is 4.90 Å². The molecule has 1 aliphatic heterocycles. The van der Waals surface area contributed by atoms with Gasteiger partial charge in [0.15, 0.2) is 0 Å². The number of aliphatic carboxylic acids is 1. The third-order valence-electron chi connectivity index (χ3n) is 3.83. The van der Waals surface area contributed by atoms with E-state index < -0.39 is 12.0 Å². The van der Waals surface area contributed by atoms with Gasteiger partial charge in [-0.3, -0.25) is 9.69 Å². The smallest absolute Gasteiger partial charge is 0.327 e. The predicted molar refractivity (Wildman–Crippen MR) is 98.0 cm³/mol. The standard InChI is InChI=1S/C16H16ClNO2S.C2H4O2/c1-20-16(19)15(12-4-2-3-5-13(12)17)18-8-6-14-11(10-18)7-9-21-14;1-2(3)4/h2-5,7,9,15H,6,8,10H2,1H3;1H3,(H,3,4)/t15-;/m0./s1. The number of halogens is 1. The number of carbonyl (C=O) groups excluding carboxylic acids is 1. The number of ether oxygens (including phenoxy) is 1. The van der Waals surface area contributed by atoms with E-state index in [0.29, 0.717) is 5.02 Å². The maximum absolute atomic E-state index is 12.3. The number of benzene rings is 1. The van der Waals surface area contributed by atoms with Crippen LogP contribution in [0.3, 0.4) is 0 Å². The maximum Gasteiger partial charge on any atom is 0.327 e. The predicted octanol–water partition coefficient (Wildman–Crippen LogP) is 3.76. The monoisotopic (exact) mass is 381 g/mol. The average molecular weight is 382 g/mol. The quantitative estimate of drug-likeness (QED) is 0.820. The third kappa shape index (κ3) is 5.04. The Balaban J connectivity index is 0.000000511. The molecule has 0 radical (unpaired) electrons. The number of methoxy groups -OCH3 is 1. The van der Waals surface area contributed by atoms with E-state index >= 15 is 0 Å². The number of hydrogen-bond donors (Lipinski definition) is 1. The van der Waals surface area contributed by atoms with Crippen molar-refractivity contribution in [3.63, 3.8) is 0 Å². The van der Waals surface area contributed by atoms with Crippen molar-refractivity contribution < 1.29 is 19.4 Å². The van der Waals surface area contributed by atoms with Crippen LogP contribution in [0, 0.1) is 0 Å². The Morgan fingerprint density at radius 1 is 1.32 bits per heavy atom. The molecule has 7 heteroatoms. The first-order valence-corrected chi connectivity index (χ1v) is 9.01. The van der Waals surface area contributed by atoms with Gasteiger partial charge in [-0.15, -0.1) is 11.3 Å². The second kappa shape index (κ2) is 8.99. The Bertz CT molecular complexity index is 742. The number of carboxylic acid groups (broad SMARTS) is 1. The van der Waals surface area contributed by atoms with Gasteiger partial charge >= 0.3 is 5.97 Å². The van der Waals surface area contributed by atoms with E-state index in [2.05, 4.69) is 16.3 Å². The van der Waals surface area contributed by atoms with Crippen molar-refractivity contribution in [2.45, 2.75) is 25.9 Å². The molecule has 0 aliphatic carbocycles. The molecule has 2 aromatic rings. The Kier molecular flexibility index (Phi) is 6.99. The highest BCUT2D eigenvalue weighted by Crippen LogP contribution is 2.33. The van der Waals surface area contributed by atoms with Gasteiger partial charge in [0, 0.05) is 29.9 Å². The molecule has 5 nitrogen and oxygen atoms in total. The summed E-state index contributed by atoms with van der Waals surface area (Å²) in [4.78, 5) is 24.8. The molecule has 1 aliphatic rings. The summed E-state index contributed by atoms with van der Waals surface area (Å²) in [5, 5.41) is 10.1. The highest BCUT2D eigenvalue weighted by Gasteiger charge is 2.32. The summed E-state index contributed by atoms with van der Waals surface area (Å²) < 4.78 is 5.01. The molecule has 1 aromatic carbocycles. The van der Waals surface area contributed by atoms with Crippen molar-refractivity contribution in [3.05, 3.63) is 56.7 Å². The van der Waals surface area contributed by atoms with Crippen LogP contribution in [-0.2, 0) is 27.3 Å². The Labute approximate surface area is 155 Å². The van der Waals surface area contributed by atoms with Crippen LogP contribution in [0.1, 0.15) is 29.0 Å². The molecule has 134 valence electrons. The first-order chi connectivity index (χ1) is 11.9. The van der Waals surface area contributed by atoms with Crippen LogP contribution in [0.25, 0.3) is 0 Å². The topological polar surface area (TPSA) is 66.8 Å². The Hall–Kier alpha value is -1.89. The van der Waals surface area contributed by atoms with Crippen LogP contribution in [0.4, 0.5) is 0 Å². The summed E-state index contributed by atoms with van der Waals surface area (Å²) in [7, 11) is 1.42. The van der Waals surface area contributed by atoms with Crippen molar-refractivity contribution in [1.29, 1.82) is 0 Å². The van der Waals surface area contributed by atoms with Gasteiger partial charge < -0.3 is 9.84 Å². The molecule has 2 heterocycles. The Morgan fingerprint density at radius 2 is 2.00 bits per heavy atom. The van der Waals surface area contributed by atoms with Crippen LogP contribution in [0.2, 0.25) is 5.02 Å². The molecule has 25 heavy (non-hydrogen) atoms. The summed E-state index contributed by atoms with van der Waals surface area (Å²) in [5.41, 5.74) is 2.11. The second-order valence-electron chi connectivity index (χ2n) is 5.56. The van der Waals surface area contributed by atoms with Gasteiger partial charge in [-0.05, 0) is 35.1 Å². The van der Waals surface area contributed by atoms with Gasteiger partial charge in [-0.2, -0.15) is 0 Å². The van der Waals surface area contributed by atoms with Crippen molar-refractivity contribution in [3.8, 4) is 0 Å². The van der Waals surface area contributed by atoms with E-state index in [4.69, 9.17) is 26.2 Å². The van der Waals surface area contributed by atoms with Crippen LogP contribution in [0.5, 0.6) is 0 Å². The molecule has 3 rings (SSSR count). The molecular formula is C18H20ClNO4S. The van der Waals surface area contributed by atoms with Gasteiger partial charge in [0.1, 0.15) is 6.04 Å². The fourth-order valence-electron chi connectivity index (χ4n) is 2.77. The van der Waals surface area contributed by atoms with E-state index in [9.17, 15) is 4.79 Å². The van der Waals surface area contributed by atoms with Crippen LogP contribution in [0.15, 0.2) is 35.7 Å². The first-order valence-electron chi connectivity index (χ1n) is 7.75. The Morgan fingerprint density at radius 3 is 2.64 bits per heavy atom. The molecule has 1 N–H and O–H groups in total. The van der Waals surface area contributed by atoms with E-state index in [1.165, 1.54) is 17.6 Å². The zero-order chi connectivity index (χ0) is 18.4. The summed E-state index contributed by atoms with van der Waals surface area (Å²) in [6, 6.07) is 9.16. The molecular weight excluding hydrogens is 362 g/mol. The lowest BCUT2D eigenvalue weighted by Gasteiger charge is -2.33. The average Bonchev–Trinajstić information content (AvgIpc) is 3.04. The van der Waals surface area contributed by atoms with Gasteiger partial charge in [0.25, 0.3) is 5.97 Å². The molecule has 0 unspecified atom stereocenters. The highest BCUT2D eigenvalue weighted by atomic mass is 35.5. The van der Waals surface area contributed by atoms with E-state index in [1.54, 1.807) is 11.3 Å². The highest BCUT2D eigenvalue weighted by molar-refractivity contribution is 7.10. The number of esters is 1. The number of fused-ring (bicyclic) bond motifs is 1. The first kappa shape index (κ1) is 19.4. The van der Waals surface area contributed by atoms with Crippen molar-refractivity contribution in [2.24, 2.45) is 0 Å². The summed E-state index contributed by atoms with van der Waals surface area (Å²) in [5.74, 6) is -1.10. The van der Waals surface area contributed by atoms with Gasteiger partial charge in [-0.25, -0.2) is 4.79 Å². The van der Waals surface area contributed by atoms with E-state index in [-0.39, 0.29) is 5.97 Å². The molecule has 0 spiro atoms. The fraction of sp³-hybridized carbons (Fsp3) is 0.333. The minimum atomic E-state index is -0.833. The summed E-state index contributed by atoms with van der Waals surface area (Å²) in [6.45, 7) is 2.67. The molecule has 0 saturated heterocycles. The number of nitrogens with zero attached hydrogens (tertiary/aromatic N) is 1. The molecule has 0 saturated carbocycles. The van der Waals surface area contributed by atoms with Crippen LogP contribution >= 0.6 is 22.9 Å². The summed E-state index contributed by atoms with van der Waals surface area (Å²) in [6.07, 6.45) is 0.963. The number of rotatable bonds is 3. The van der Waals surface area contributed by atoms with E-state index in [0.717, 1.165) is 32.0 Å². The normalized spacial score (nSPS) is 14.7. The zero-order valence-corrected chi connectivity index (χ0v) is 15.6. The van der Waals surface area contributed by atoms with Gasteiger partial charge in [0.2, 0.25) is 0 Å². The number of carbonyl (C=O) groups is 2. The molecule has 0 fully saturated rings. The van der Waals surface area contributed by atoms with Gasteiger partial charge in [0.05, 0.1) is 7.11 Å². The minimum Gasteiger partial charge on any atom is -0.481 e. The van der Waals surface area contributed by atoms with Crippen molar-refractivity contribution in [2.75, 3.05) is 13.7 Å². The number of carboxylic acids is 1. The lowest BCUT2D eigenvalue weighted by Crippen LogP contribution is -2.38. The molecule has 1 aromatic heterocycles. The maximum atomic E-state index is 12.3. The van der Waals surface area contributed by atoms with Crippen LogP contribution in [-0.4, -0.2) is 35.6 Å². The van der Waals surface area contributed by atoms with E-state index in [1.807, 2.05) is 24.3 Å². The molecule has 1 atom stereocenters. The lowest BCUT2D eigenvalue weighted by molar-refractivity contribution is -0.147. The van der Waals surface area contributed by atoms with Gasteiger partial charge in [-0.1, -0.05) is 29.8 Å². The summed E-state index contributed by atoms with van der Waals surface area (Å²) >= 11 is 8.07. The van der Waals surface area contributed by atoms with Crippen molar-refractivity contribution >= 4 is 34.9 Å². The second-order valence-corrected chi connectivity index (χ2v) is 6.96. The van der Waals surface area contributed by atoms with Crippen LogP contribution < -0.4 is 0 Å². The molecule has 0 bridgehead atoms. The molecule has 0 amide bonds. The largest absolute Gasteiger partial charge is 0.481 e. The third-order valence-corrected chi connectivity index (χ3v) is 5.19. The zero-order valence-electron chi connectivity index (χ0n) is 14.1. The number of hydrogen-bond acceptors (Lipinski definition) is 5. The number of thiophene rings is 1.